The maximum Gasteiger partial charge on any atom is 0.319 e. The fourth-order valence-corrected chi connectivity index (χ4v) is 5.51. The van der Waals surface area contributed by atoms with Crippen LogP contribution >= 0.6 is 11.6 Å². The predicted octanol–water partition coefficient (Wildman–Crippen LogP) is 2.98. The van der Waals surface area contributed by atoms with Crippen LogP contribution in [0.25, 0.3) is 0 Å². The third-order valence-corrected chi connectivity index (χ3v) is 6.42. The number of amides is 2. The van der Waals surface area contributed by atoms with Gasteiger partial charge in [-0.25, -0.2) is 4.79 Å². The quantitative estimate of drug-likeness (QED) is 0.772. The van der Waals surface area contributed by atoms with Gasteiger partial charge in [0.2, 0.25) is 0 Å². The average molecular weight is 349 g/mol. The van der Waals surface area contributed by atoms with E-state index in [4.69, 9.17) is 11.6 Å². The molecule has 2 aliphatic heterocycles. The molecule has 1 aromatic rings. The molecule has 1 aliphatic carbocycles. The third-order valence-electron chi connectivity index (χ3n) is 6.19. The molecule has 24 heavy (non-hydrogen) atoms. The van der Waals surface area contributed by atoms with Crippen molar-refractivity contribution in [3.05, 3.63) is 29.3 Å². The molecule has 4 rings (SSSR count). The van der Waals surface area contributed by atoms with Crippen LogP contribution in [0.15, 0.2) is 24.3 Å². The smallest absolute Gasteiger partial charge is 0.319 e. The first-order valence-corrected chi connectivity index (χ1v) is 9.76. The largest absolute Gasteiger partial charge is 0.335 e. The van der Waals surface area contributed by atoms with Gasteiger partial charge in [-0.1, -0.05) is 17.7 Å². The second-order valence-corrected chi connectivity index (χ2v) is 8.17. The normalized spacial score (nSPS) is 32.7. The monoisotopic (exact) mass is 348 g/mol. The molecule has 2 bridgehead atoms. The molecule has 5 heteroatoms. The van der Waals surface area contributed by atoms with Gasteiger partial charge in [0.15, 0.2) is 0 Å². The van der Waals surface area contributed by atoms with Crippen LogP contribution < -0.4 is 15.5 Å². The summed E-state index contributed by atoms with van der Waals surface area (Å²) in [7, 11) is 0. The molecule has 1 saturated carbocycles. The van der Waals surface area contributed by atoms with Gasteiger partial charge in [-0.3, -0.25) is 0 Å². The van der Waals surface area contributed by atoms with Gasteiger partial charge in [0.05, 0.1) is 18.1 Å². The minimum absolute atomic E-state index is 0.106. The summed E-state index contributed by atoms with van der Waals surface area (Å²) >= 11 is 5.97. The van der Waals surface area contributed by atoms with Gasteiger partial charge < -0.3 is 15.5 Å². The van der Waals surface area contributed by atoms with Gasteiger partial charge in [0.1, 0.15) is 0 Å². The van der Waals surface area contributed by atoms with Gasteiger partial charge in [-0.2, -0.15) is 0 Å². The van der Waals surface area contributed by atoms with Crippen LogP contribution in [0.4, 0.5) is 10.5 Å². The first-order valence-electron chi connectivity index (χ1n) is 9.39. The van der Waals surface area contributed by atoms with Crippen molar-refractivity contribution < 1.29 is 9.69 Å². The molecule has 0 spiro atoms. The Morgan fingerprint density at radius 1 is 1.04 bits per heavy atom. The number of fused-ring (bicyclic) bond motifs is 2. The summed E-state index contributed by atoms with van der Waals surface area (Å²) < 4.78 is 0. The summed E-state index contributed by atoms with van der Waals surface area (Å²) in [5, 5.41) is 6.74. The minimum atomic E-state index is -0.106. The maximum atomic E-state index is 12.3. The number of carbonyl (C=O) groups excluding carboxylic acids is 1. The second-order valence-electron chi connectivity index (χ2n) is 7.73. The predicted molar refractivity (Wildman–Crippen MR) is 96.7 cm³/mol. The van der Waals surface area contributed by atoms with E-state index in [9.17, 15) is 4.79 Å². The Bertz CT molecular complexity index is 588. The van der Waals surface area contributed by atoms with Crippen molar-refractivity contribution in [2.75, 3.05) is 5.32 Å². The lowest BCUT2D eigenvalue weighted by Gasteiger charge is -2.39. The molecule has 3 aliphatic rings. The van der Waals surface area contributed by atoms with Crippen molar-refractivity contribution in [2.45, 2.75) is 75.5 Å². The molecule has 130 valence electrons. The summed E-state index contributed by atoms with van der Waals surface area (Å²) in [5.74, 6) is 0. The van der Waals surface area contributed by atoms with Gasteiger partial charge >= 0.3 is 6.03 Å². The number of rotatable bonds is 3. The fraction of sp³-hybridized carbons (Fsp3) is 0.632. The van der Waals surface area contributed by atoms with Crippen LogP contribution in [0.5, 0.6) is 0 Å². The van der Waals surface area contributed by atoms with Crippen molar-refractivity contribution in [1.82, 2.24) is 5.32 Å². The van der Waals surface area contributed by atoms with Crippen LogP contribution in [0.1, 0.15) is 51.4 Å². The molecule has 2 saturated heterocycles. The molecule has 0 aromatic heterocycles. The van der Waals surface area contributed by atoms with Gasteiger partial charge in [-0.05, 0) is 43.9 Å². The molecule has 3 N–H and O–H groups in total. The molecule has 2 unspecified atom stereocenters. The van der Waals surface area contributed by atoms with Crippen LogP contribution in [0.3, 0.4) is 0 Å². The molecule has 2 heterocycles. The number of anilines is 1. The minimum Gasteiger partial charge on any atom is -0.335 e. The Hall–Kier alpha value is -1.26. The highest BCUT2D eigenvalue weighted by molar-refractivity contribution is 6.30. The van der Waals surface area contributed by atoms with Crippen LogP contribution in [0.2, 0.25) is 5.02 Å². The molecule has 1 aromatic carbocycles. The summed E-state index contributed by atoms with van der Waals surface area (Å²) in [6, 6.07) is 9.90. The van der Waals surface area contributed by atoms with E-state index in [1.165, 1.54) is 38.5 Å². The second kappa shape index (κ2) is 6.93. The summed E-state index contributed by atoms with van der Waals surface area (Å²) in [6.07, 6.45) is 10.6. The lowest BCUT2D eigenvalue weighted by atomic mass is 9.95. The van der Waals surface area contributed by atoms with Gasteiger partial charge in [0.25, 0.3) is 0 Å². The molecule has 0 radical (unpaired) electrons. The maximum absolute atomic E-state index is 12.3. The number of hydrogen-bond donors (Lipinski definition) is 3. The van der Waals surface area contributed by atoms with Crippen LogP contribution in [0, 0.1) is 0 Å². The van der Waals surface area contributed by atoms with Crippen LogP contribution in [-0.2, 0) is 0 Å². The van der Waals surface area contributed by atoms with Gasteiger partial charge in [-0.15, -0.1) is 0 Å². The van der Waals surface area contributed by atoms with Gasteiger partial charge in [0, 0.05) is 42.4 Å². The van der Waals surface area contributed by atoms with E-state index in [1.54, 1.807) is 6.07 Å². The van der Waals surface area contributed by atoms with Crippen molar-refractivity contribution in [1.29, 1.82) is 0 Å². The number of quaternary nitrogens is 1. The van der Waals surface area contributed by atoms with E-state index in [2.05, 4.69) is 10.6 Å². The number of hydrogen-bond acceptors (Lipinski definition) is 1. The molecule has 2 amide bonds. The third kappa shape index (κ3) is 3.40. The number of nitrogens with one attached hydrogen (secondary N) is 3. The standard InChI is InChI=1S/C19H26ClN3O/c20-13-4-3-5-14(10-13)21-19(24)22-15-11-17-8-9-18(12-15)23(17)16-6-1-2-7-16/h3-5,10,15-18H,1-2,6-9,11-12H2,(H2,21,22,24)/p+1/t15?,17-,18+. The number of urea groups is 1. The van der Waals surface area contributed by atoms with Crippen molar-refractivity contribution in [3.8, 4) is 0 Å². The molecular formula is C19H27ClN3O+. The Kier molecular flexibility index (Phi) is 4.68. The van der Waals surface area contributed by atoms with E-state index in [0.717, 1.165) is 36.7 Å². The average Bonchev–Trinajstić information content (AvgIpc) is 3.13. The number of benzene rings is 1. The van der Waals surface area contributed by atoms with Crippen LogP contribution in [-0.4, -0.2) is 30.2 Å². The van der Waals surface area contributed by atoms with E-state index < -0.39 is 0 Å². The Labute approximate surface area is 148 Å². The van der Waals surface area contributed by atoms with Crippen molar-refractivity contribution >= 4 is 23.3 Å². The summed E-state index contributed by atoms with van der Waals surface area (Å²) in [4.78, 5) is 14.2. The molecular weight excluding hydrogens is 322 g/mol. The highest BCUT2D eigenvalue weighted by atomic mass is 35.5. The fourth-order valence-electron chi connectivity index (χ4n) is 5.32. The van der Waals surface area contributed by atoms with E-state index >= 15 is 0 Å². The zero-order valence-corrected chi connectivity index (χ0v) is 14.8. The van der Waals surface area contributed by atoms with E-state index in [1.807, 2.05) is 23.1 Å². The number of piperidine rings is 1. The Morgan fingerprint density at radius 3 is 2.42 bits per heavy atom. The summed E-state index contributed by atoms with van der Waals surface area (Å²) in [5.41, 5.74) is 0.747. The lowest BCUT2D eigenvalue weighted by Crippen LogP contribution is -3.21. The van der Waals surface area contributed by atoms with E-state index in [0.29, 0.717) is 11.1 Å². The van der Waals surface area contributed by atoms with Crippen molar-refractivity contribution in [2.24, 2.45) is 0 Å². The molecule has 4 atom stereocenters. The highest BCUT2D eigenvalue weighted by Gasteiger charge is 2.48. The molecule has 3 fully saturated rings. The lowest BCUT2D eigenvalue weighted by molar-refractivity contribution is -0.964. The highest BCUT2D eigenvalue weighted by Crippen LogP contribution is 2.27. The number of carbonyl (C=O) groups is 1. The SMILES string of the molecule is O=C(Nc1cccc(Cl)c1)NC1C[C@H]2CC[C@@H](C1)[NH+]2C1CCCC1. The van der Waals surface area contributed by atoms with E-state index in [-0.39, 0.29) is 6.03 Å². The Morgan fingerprint density at radius 2 is 1.75 bits per heavy atom. The van der Waals surface area contributed by atoms with Crippen molar-refractivity contribution in [3.63, 3.8) is 0 Å². The summed E-state index contributed by atoms with van der Waals surface area (Å²) in [6.45, 7) is 0. The first kappa shape index (κ1) is 16.2. The molecule has 4 nitrogen and oxygen atoms in total. The Balaban J connectivity index is 1.33. The zero-order valence-electron chi connectivity index (χ0n) is 14.1. The zero-order chi connectivity index (χ0) is 16.5. The first-order chi connectivity index (χ1) is 11.7. The number of halogens is 1. The topological polar surface area (TPSA) is 45.6 Å².